The van der Waals surface area contributed by atoms with Crippen LogP contribution in [0.4, 0.5) is 0 Å². The second-order valence-corrected chi connectivity index (χ2v) is 6.80. The van der Waals surface area contributed by atoms with Crippen LogP contribution in [-0.2, 0) is 0 Å². The summed E-state index contributed by atoms with van der Waals surface area (Å²) in [5, 5.41) is 3.49. The molecular weight excluding hydrogens is 309 g/mol. The number of nitrogens with zero attached hydrogens (tertiary/aromatic N) is 2. The van der Waals surface area contributed by atoms with Gasteiger partial charge in [-0.15, -0.1) is 0 Å². The van der Waals surface area contributed by atoms with Crippen molar-refractivity contribution < 1.29 is 4.79 Å². The fraction of sp³-hybridized carbons (Fsp3) is 0.600. The first-order valence-electron chi connectivity index (χ1n) is 7.25. The molecular formula is C15H21Cl2N3O. The highest BCUT2D eigenvalue weighted by atomic mass is 35.5. The van der Waals surface area contributed by atoms with Crippen molar-refractivity contribution in [2.75, 3.05) is 19.6 Å². The van der Waals surface area contributed by atoms with Gasteiger partial charge in [0.2, 0.25) is 0 Å². The molecule has 2 rings (SSSR count). The number of hydrogen-bond donors (Lipinski definition) is 1. The largest absolute Gasteiger partial charge is 0.349 e. The number of halogens is 2. The average Bonchev–Trinajstić information content (AvgIpc) is 2.48. The minimum absolute atomic E-state index is 0.0822. The molecule has 0 bridgehead atoms. The summed E-state index contributed by atoms with van der Waals surface area (Å²) in [7, 11) is 0. The molecule has 1 fully saturated rings. The number of pyridine rings is 1. The van der Waals surface area contributed by atoms with E-state index in [2.05, 4.69) is 29.0 Å². The zero-order valence-electron chi connectivity index (χ0n) is 12.5. The molecule has 6 heteroatoms. The summed E-state index contributed by atoms with van der Waals surface area (Å²) in [6.07, 6.45) is 3.74. The molecule has 1 amide bonds. The molecule has 1 aliphatic rings. The van der Waals surface area contributed by atoms with Crippen molar-refractivity contribution >= 4 is 29.1 Å². The van der Waals surface area contributed by atoms with E-state index in [0.29, 0.717) is 11.6 Å². The molecule has 0 saturated carbocycles. The van der Waals surface area contributed by atoms with Gasteiger partial charge in [-0.3, -0.25) is 9.69 Å². The Morgan fingerprint density at radius 3 is 2.62 bits per heavy atom. The van der Waals surface area contributed by atoms with E-state index in [1.165, 1.54) is 19.3 Å². The Hall–Kier alpha value is -0.840. The van der Waals surface area contributed by atoms with Gasteiger partial charge in [-0.05, 0) is 51.9 Å². The fourth-order valence-electron chi connectivity index (χ4n) is 2.57. The van der Waals surface area contributed by atoms with Crippen LogP contribution in [-0.4, -0.2) is 41.0 Å². The number of aromatic nitrogens is 1. The highest BCUT2D eigenvalue weighted by Gasteiger charge is 2.28. The molecule has 0 aromatic carbocycles. The lowest BCUT2D eigenvalue weighted by Crippen LogP contribution is -2.53. The predicted molar refractivity (Wildman–Crippen MR) is 86.1 cm³/mol. The second-order valence-electron chi connectivity index (χ2n) is 6.01. The first kappa shape index (κ1) is 16.5. The fourth-order valence-corrected chi connectivity index (χ4v) is 2.91. The van der Waals surface area contributed by atoms with Crippen LogP contribution in [0.5, 0.6) is 0 Å². The molecule has 1 aliphatic heterocycles. The number of carbonyl (C=O) groups is 1. The lowest BCUT2D eigenvalue weighted by molar-refractivity contribution is 0.0794. The number of carbonyl (C=O) groups excluding carboxylic acids is 1. The zero-order valence-corrected chi connectivity index (χ0v) is 14.0. The van der Waals surface area contributed by atoms with Crippen molar-refractivity contribution in [2.24, 2.45) is 0 Å². The molecule has 4 nitrogen and oxygen atoms in total. The monoisotopic (exact) mass is 329 g/mol. The normalized spacial score (nSPS) is 16.8. The topological polar surface area (TPSA) is 45.2 Å². The summed E-state index contributed by atoms with van der Waals surface area (Å²) in [5.74, 6) is -0.285. The van der Waals surface area contributed by atoms with Crippen molar-refractivity contribution in [1.82, 2.24) is 15.2 Å². The van der Waals surface area contributed by atoms with Crippen LogP contribution in [0.2, 0.25) is 10.2 Å². The summed E-state index contributed by atoms with van der Waals surface area (Å²) in [4.78, 5) is 18.6. The van der Waals surface area contributed by atoms with Crippen molar-refractivity contribution in [1.29, 1.82) is 0 Å². The maximum absolute atomic E-state index is 12.2. The molecule has 116 valence electrons. The Labute approximate surface area is 135 Å². The Kier molecular flexibility index (Phi) is 5.47. The number of nitrogens with one attached hydrogen (secondary N) is 1. The van der Waals surface area contributed by atoms with Crippen LogP contribution in [0.3, 0.4) is 0 Å². The first-order valence-corrected chi connectivity index (χ1v) is 8.01. The van der Waals surface area contributed by atoms with Gasteiger partial charge in [0.1, 0.15) is 10.8 Å². The van der Waals surface area contributed by atoms with Gasteiger partial charge < -0.3 is 5.32 Å². The Morgan fingerprint density at radius 1 is 1.29 bits per heavy atom. The lowest BCUT2D eigenvalue weighted by Gasteiger charge is -2.41. The van der Waals surface area contributed by atoms with Crippen LogP contribution in [0.25, 0.3) is 0 Å². The van der Waals surface area contributed by atoms with E-state index in [0.717, 1.165) is 13.1 Å². The molecule has 0 radical (unpaired) electrons. The highest BCUT2D eigenvalue weighted by molar-refractivity contribution is 6.34. The van der Waals surface area contributed by atoms with E-state index < -0.39 is 0 Å². The zero-order chi connectivity index (χ0) is 15.5. The van der Waals surface area contributed by atoms with Crippen molar-refractivity contribution in [3.05, 3.63) is 28.0 Å². The van der Waals surface area contributed by atoms with Crippen LogP contribution in [0.1, 0.15) is 43.6 Å². The van der Waals surface area contributed by atoms with E-state index in [-0.39, 0.29) is 22.3 Å². The second kappa shape index (κ2) is 6.95. The third-order valence-corrected chi connectivity index (χ3v) is 4.44. The lowest BCUT2D eigenvalue weighted by atomic mass is 9.98. The molecule has 1 saturated heterocycles. The van der Waals surface area contributed by atoms with Crippen LogP contribution in [0, 0.1) is 0 Å². The molecule has 2 heterocycles. The van der Waals surface area contributed by atoms with E-state index in [1.54, 1.807) is 12.1 Å². The number of hydrogen-bond acceptors (Lipinski definition) is 3. The van der Waals surface area contributed by atoms with Gasteiger partial charge in [0.05, 0.1) is 5.02 Å². The molecule has 1 N–H and O–H groups in total. The molecule has 0 atom stereocenters. The minimum atomic E-state index is -0.285. The number of piperidine rings is 1. The number of amides is 1. The van der Waals surface area contributed by atoms with E-state index in [1.807, 2.05) is 0 Å². The molecule has 1 aromatic heterocycles. The third kappa shape index (κ3) is 4.31. The van der Waals surface area contributed by atoms with Gasteiger partial charge in [0, 0.05) is 12.1 Å². The molecule has 0 aliphatic carbocycles. The van der Waals surface area contributed by atoms with Gasteiger partial charge in [0.15, 0.2) is 0 Å². The van der Waals surface area contributed by atoms with Gasteiger partial charge in [0.25, 0.3) is 5.91 Å². The van der Waals surface area contributed by atoms with E-state index in [4.69, 9.17) is 23.2 Å². The van der Waals surface area contributed by atoms with Crippen LogP contribution < -0.4 is 5.32 Å². The smallest absolute Gasteiger partial charge is 0.271 e. The van der Waals surface area contributed by atoms with E-state index in [9.17, 15) is 4.79 Å². The molecule has 0 unspecified atom stereocenters. The Morgan fingerprint density at radius 2 is 1.95 bits per heavy atom. The van der Waals surface area contributed by atoms with Crippen molar-refractivity contribution in [3.8, 4) is 0 Å². The average molecular weight is 330 g/mol. The molecule has 1 aromatic rings. The van der Waals surface area contributed by atoms with Gasteiger partial charge in [-0.2, -0.15) is 0 Å². The van der Waals surface area contributed by atoms with Gasteiger partial charge >= 0.3 is 0 Å². The van der Waals surface area contributed by atoms with Crippen molar-refractivity contribution in [3.63, 3.8) is 0 Å². The van der Waals surface area contributed by atoms with Crippen molar-refractivity contribution in [2.45, 2.75) is 38.6 Å². The Balaban J connectivity index is 1.98. The van der Waals surface area contributed by atoms with Gasteiger partial charge in [-0.1, -0.05) is 29.6 Å². The standard InChI is InChI=1S/C15H21Cl2N3O/c1-15(2,20-8-4-3-5-9-20)10-18-14(21)13-11(16)6-7-12(17)19-13/h6-7H,3-5,8-10H2,1-2H3,(H,18,21). The summed E-state index contributed by atoms with van der Waals surface area (Å²) in [5.41, 5.74) is 0.0971. The van der Waals surface area contributed by atoms with Crippen LogP contribution in [0.15, 0.2) is 12.1 Å². The summed E-state index contributed by atoms with van der Waals surface area (Å²) >= 11 is 11.8. The SMILES string of the molecule is CC(C)(CNC(=O)c1nc(Cl)ccc1Cl)N1CCCCC1. The summed E-state index contributed by atoms with van der Waals surface area (Å²) in [6, 6.07) is 3.15. The highest BCUT2D eigenvalue weighted by Crippen LogP contribution is 2.21. The molecule has 21 heavy (non-hydrogen) atoms. The summed E-state index contributed by atoms with van der Waals surface area (Å²) in [6.45, 7) is 7.01. The Bertz CT molecular complexity index is 514. The molecule has 0 spiro atoms. The van der Waals surface area contributed by atoms with E-state index >= 15 is 0 Å². The van der Waals surface area contributed by atoms with Gasteiger partial charge in [-0.25, -0.2) is 4.98 Å². The maximum atomic E-state index is 12.2. The summed E-state index contributed by atoms with van der Waals surface area (Å²) < 4.78 is 0. The quantitative estimate of drug-likeness (QED) is 0.861. The first-order chi connectivity index (χ1) is 9.90. The number of rotatable bonds is 4. The van der Waals surface area contributed by atoms with Crippen LogP contribution >= 0.6 is 23.2 Å². The third-order valence-electron chi connectivity index (χ3n) is 3.92. The predicted octanol–water partition coefficient (Wildman–Crippen LogP) is 3.38. The minimum Gasteiger partial charge on any atom is -0.349 e. The number of likely N-dealkylation sites (tertiary alicyclic amines) is 1. The maximum Gasteiger partial charge on any atom is 0.271 e.